The van der Waals surface area contributed by atoms with Crippen LogP contribution < -0.4 is 4.90 Å². The van der Waals surface area contributed by atoms with Crippen LogP contribution in [0, 0.1) is 6.92 Å². The molecule has 0 amide bonds. The molecule has 136 valence electrons. The second-order valence-electron chi connectivity index (χ2n) is 7.19. The maximum Gasteiger partial charge on any atom is 0.0769 e. The number of hydrogen-bond donors (Lipinski definition) is 0. The Morgan fingerprint density at radius 2 is 1.59 bits per heavy atom. The van der Waals surface area contributed by atoms with Gasteiger partial charge in [0, 0.05) is 42.1 Å². The summed E-state index contributed by atoms with van der Waals surface area (Å²) in [6.45, 7) is 2.12. The quantitative estimate of drug-likeness (QED) is 0.527. The van der Waals surface area contributed by atoms with Gasteiger partial charge in [-0.1, -0.05) is 54.1 Å². The minimum Gasteiger partial charge on any atom is -0.378 e. The number of thioether (sulfide) groups is 1. The van der Waals surface area contributed by atoms with Crippen LogP contribution in [0.4, 0.5) is 11.4 Å². The molecule has 1 aliphatic heterocycles. The van der Waals surface area contributed by atoms with Crippen molar-refractivity contribution in [3.8, 4) is 0 Å². The molecule has 3 heteroatoms. The Balaban J connectivity index is 1.74. The monoisotopic (exact) mass is 372 g/mol. The average Bonchev–Trinajstić information content (AvgIpc) is 2.88. The number of hydrogen-bond acceptors (Lipinski definition) is 3. The van der Waals surface area contributed by atoms with E-state index in [4.69, 9.17) is 4.99 Å². The largest absolute Gasteiger partial charge is 0.378 e. The number of aryl methyl sites for hydroxylation is 1. The van der Waals surface area contributed by atoms with Crippen molar-refractivity contribution in [1.82, 2.24) is 0 Å². The number of rotatable bonds is 3. The predicted molar refractivity (Wildman–Crippen MR) is 118 cm³/mol. The van der Waals surface area contributed by atoms with Gasteiger partial charge in [-0.2, -0.15) is 0 Å². The molecule has 1 heterocycles. The Morgan fingerprint density at radius 1 is 0.889 bits per heavy atom. The van der Waals surface area contributed by atoms with Crippen LogP contribution in [0.3, 0.4) is 0 Å². The van der Waals surface area contributed by atoms with Crippen LogP contribution in [0.1, 0.15) is 28.4 Å². The van der Waals surface area contributed by atoms with Crippen molar-refractivity contribution in [3.63, 3.8) is 0 Å². The molecule has 0 saturated carbocycles. The first-order valence-corrected chi connectivity index (χ1v) is 10.2. The summed E-state index contributed by atoms with van der Waals surface area (Å²) in [4.78, 5) is 8.44. The second kappa shape index (κ2) is 7.61. The van der Waals surface area contributed by atoms with Gasteiger partial charge in [0.1, 0.15) is 0 Å². The number of fused-ring (bicyclic) bond motifs is 1. The molecule has 0 N–H and O–H groups in total. The minimum absolute atomic E-state index is 0.352. The van der Waals surface area contributed by atoms with Gasteiger partial charge in [-0.05, 0) is 42.3 Å². The molecule has 2 nitrogen and oxygen atoms in total. The Kier molecular flexibility index (Phi) is 5.04. The molecule has 0 fully saturated rings. The number of aliphatic imine (C=N–C) groups is 1. The van der Waals surface area contributed by atoms with Crippen molar-refractivity contribution in [3.05, 3.63) is 89.5 Å². The fourth-order valence-electron chi connectivity index (χ4n) is 3.31. The normalized spacial score (nSPS) is 16.3. The maximum atomic E-state index is 5.05. The Labute approximate surface area is 166 Å². The fourth-order valence-corrected chi connectivity index (χ4v) is 4.54. The molecule has 0 saturated heterocycles. The lowest BCUT2D eigenvalue weighted by atomic mass is 10.00. The van der Waals surface area contributed by atoms with E-state index in [1.165, 1.54) is 27.3 Å². The zero-order chi connectivity index (χ0) is 18.8. The smallest absolute Gasteiger partial charge is 0.0769 e. The van der Waals surface area contributed by atoms with E-state index in [-0.39, 0.29) is 0 Å². The van der Waals surface area contributed by atoms with Crippen molar-refractivity contribution < 1.29 is 0 Å². The summed E-state index contributed by atoms with van der Waals surface area (Å²) >= 11 is 1.92. The molecule has 1 aliphatic rings. The maximum absolute atomic E-state index is 5.05. The van der Waals surface area contributed by atoms with E-state index in [2.05, 4.69) is 98.7 Å². The first-order chi connectivity index (χ1) is 13.1. The van der Waals surface area contributed by atoms with Crippen LogP contribution in [0.2, 0.25) is 0 Å². The number of nitrogens with zero attached hydrogens (tertiary/aromatic N) is 2. The summed E-state index contributed by atoms with van der Waals surface area (Å²) < 4.78 is 0. The van der Waals surface area contributed by atoms with Crippen molar-refractivity contribution in [1.29, 1.82) is 0 Å². The molecule has 27 heavy (non-hydrogen) atoms. The van der Waals surface area contributed by atoms with Gasteiger partial charge in [-0.3, -0.25) is 4.99 Å². The van der Waals surface area contributed by atoms with E-state index in [1.807, 2.05) is 11.8 Å². The molecule has 1 atom stereocenters. The highest BCUT2D eigenvalue weighted by atomic mass is 32.2. The van der Waals surface area contributed by atoms with Gasteiger partial charge in [-0.15, -0.1) is 11.8 Å². The Hall–Kier alpha value is -2.52. The zero-order valence-corrected chi connectivity index (χ0v) is 16.8. The number of para-hydroxylation sites is 1. The number of anilines is 1. The predicted octanol–water partition coefficient (Wildman–Crippen LogP) is 6.42. The highest BCUT2D eigenvalue weighted by Crippen LogP contribution is 2.45. The molecule has 3 aromatic rings. The standard InChI is InChI=1S/C24H24N2S/c1-17-8-10-18(11-9-17)22-16-24(19-12-14-20(15-13-19)26(2)3)27-23-7-5-4-6-21(23)25-22/h4-15,24H,16H2,1-3H3. The van der Waals surface area contributed by atoms with E-state index >= 15 is 0 Å². The van der Waals surface area contributed by atoms with E-state index in [9.17, 15) is 0 Å². The van der Waals surface area contributed by atoms with Gasteiger partial charge in [0.05, 0.1) is 5.69 Å². The van der Waals surface area contributed by atoms with Crippen LogP contribution in [0.15, 0.2) is 82.7 Å². The lowest BCUT2D eigenvalue weighted by Crippen LogP contribution is -2.09. The average molecular weight is 373 g/mol. The molecule has 0 aromatic heterocycles. The SMILES string of the molecule is Cc1ccc(C2=Nc3ccccc3SC(c3ccc(N(C)C)cc3)C2)cc1. The molecule has 0 bridgehead atoms. The summed E-state index contributed by atoms with van der Waals surface area (Å²) in [5.41, 5.74) is 7.30. The topological polar surface area (TPSA) is 15.6 Å². The van der Waals surface area contributed by atoms with E-state index in [0.717, 1.165) is 17.8 Å². The first kappa shape index (κ1) is 17.9. The number of benzene rings is 3. The van der Waals surface area contributed by atoms with Crippen molar-refractivity contribution in [2.45, 2.75) is 23.5 Å². The molecular formula is C24H24N2S. The molecule has 0 aliphatic carbocycles. The third-order valence-corrected chi connectivity index (χ3v) is 6.26. The third kappa shape index (κ3) is 3.93. The lowest BCUT2D eigenvalue weighted by molar-refractivity contribution is 1.01. The molecule has 4 rings (SSSR count). The molecule has 3 aromatic carbocycles. The molecule has 0 spiro atoms. The third-order valence-electron chi connectivity index (χ3n) is 4.93. The first-order valence-electron chi connectivity index (χ1n) is 9.28. The van der Waals surface area contributed by atoms with Crippen LogP contribution >= 0.6 is 11.8 Å². The summed E-state index contributed by atoms with van der Waals surface area (Å²) in [5.74, 6) is 0. The highest BCUT2D eigenvalue weighted by molar-refractivity contribution is 7.99. The fraction of sp³-hybridized carbons (Fsp3) is 0.208. The minimum atomic E-state index is 0.352. The van der Waals surface area contributed by atoms with Gasteiger partial charge in [0.15, 0.2) is 0 Å². The van der Waals surface area contributed by atoms with Gasteiger partial charge < -0.3 is 4.90 Å². The summed E-state index contributed by atoms with van der Waals surface area (Å²) in [6, 6.07) is 26.1. The van der Waals surface area contributed by atoms with Crippen LogP contribution in [-0.2, 0) is 0 Å². The van der Waals surface area contributed by atoms with E-state index in [0.29, 0.717) is 5.25 Å². The van der Waals surface area contributed by atoms with Crippen LogP contribution in [0.25, 0.3) is 0 Å². The van der Waals surface area contributed by atoms with Gasteiger partial charge in [-0.25, -0.2) is 0 Å². The van der Waals surface area contributed by atoms with Crippen molar-refractivity contribution in [2.24, 2.45) is 4.99 Å². The van der Waals surface area contributed by atoms with Gasteiger partial charge in [0.25, 0.3) is 0 Å². The van der Waals surface area contributed by atoms with E-state index < -0.39 is 0 Å². The lowest BCUT2D eigenvalue weighted by Gasteiger charge is -2.18. The van der Waals surface area contributed by atoms with Crippen molar-refractivity contribution in [2.75, 3.05) is 19.0 Å². The van der Waals surface area contributed by atoms with Crippen LogP contribution in [0.5, 0.6) is 0 Å². The van der Waals surface area contributed by atoms with Crippen molar-refractivity contribution >= 4 is 28.8 Å². The highest BCUT2D eigenvalue weighted by Gasteiger charge is 2.22. The summed E-state index contributed by atoms with van der Waals surface area (Å²) in [5, 5.41) is 0.352. The molecule has 1 unspecified atom stereocenters. The van der Waals surface area contributed by atoms with E-state index in [1.54, 1.807) is 0 Å². The second-order valence-corrected chi connectivity index (χ2v) is 8.43. The van der Waals surface area contributed by atoms with Crippen LogP contribution in [-0.4, -0.2) is 19.8 Å². The zero-order valence-electron chi connectivity index (χ0n) is 16.0. The Morgan fingerprint density at radius 3 is 2.30 bits per heavy atom. The van der Waals surface area contributed by atoms with Gasteiger partial charge in [0.2, 0.25) is 0 Å². The Bertz CT molecular complexity index is 956. The summed E-state index contributed by atoms with van der Waals surface area (Å²) in [7, 11) is 4.15. The molecular weight excluding hydrogens is 348 g/mol. The summed E-state index contributed by atoms with van der Waals surface area (Å²) in [6.07, 6.45) is 0.920. The molecule has 0 radical (unpaired) electrons. The van der Waals surface area contributed by atoms with Gasteiger partial charge >= 0.3 is 0 Å².